The van der Waals surface area contributed by atoms with E-state index < -0.39 is 5.97 Å². The molecule has 12 heteroatoms. The number of nitrogens with zero attached hydrogens (tertiary/aromatic N) is 3. The van der Waals surface area contributed by atoms with E-state index in [0.29, 0.717) is 69.0 Å². The van der Waals surface area contributed by atoms with Crippen molar-refractivity contribution >= 4 is 44.4 Å². The number of rotatable bonds is 11. The van der Waals surface area contributed by atoms with Crippen LogP contribution in [0.25, 0.3) is 43.8 Å². The van der Waals surface area contributed by atoms with Gasteiger partial charge >= 0.3 is 160 Å². The third-order valence-corrected chi connectivity index (χ3v) is 9.44. The number of anilines is 1. The fourth-order valence-corrected chi connectivity index (χ4v) is 6.98. The second-order valence-electron chi connectivity index (χ2n) is 12.9. The molecule has 0 fully saturated rings. The van der Waals surface area contributed by atoms with Crippen LogP contribution in [0.5, 0.6) is 5.75 Å². The molecule has 0 aliphatic heterocycles. The van der Waals surface area contributed by atoms with Crippen molar-refractivity contribution in [3.05, 3.63) is 200 Å². The van der Waals surface area contributed by atoms with Crippen LogP contribution >= 0.6 is 0 Å². The summed E-state index contributed by atoms with van der Waals surface area (Å²) in [5.41, 5.74) is 6.39. The van der Waals surface area contributed by atoms with E-state index in [-0.39, 0.29) is 200 Å². The van der Waals surface area contributed by atoms with E-state index in [1.807, 2.05) is 80.6 Å². The number of pyridine rings is 2. The average molecular weight is 891 g/mol. The van der Waals surface area contributed by atoms with Crippen LogP contribution in [-0.4, -0.2) is 31.1 Å². The van der Waals surface area contributed by atoms with Gasteiger partial charge in [-0.1, -0.05) is 68.4 Å². The Balaban J connectivity index is 0.00000229. The van der Waals surface area contributed by atoms with Gasteiger partial charge in [-0.15, -0.1) is 0 Å². The van der Waals surface area contributed by atoms with Gasteiger partial charge in [0.25, 0.3) is 0 Å². The summed E-state index contributed by atoms with van der Waals surface area (Å²) in [6.07, 6.45) is 3.59. The topological polar surface area (TPSA) is 129 Å². The molecule has 0 bridgehead atoms. The molecule has 0 saturated heterocycles. The molecule has 0 aliphatic rings. The molecule has 298 valence electrons. The molecule has 8 rings (SSSR count). The molecule has 3 aromatic heterocycles. The largest absolute Gasteiger partial charge is 1.00 e. The predicted octanol–water partition coefficient (Wildman–Crippen LogP) is 2.16. The maximum atomic E-state index is 12.5. The number of carboxylic acid groups (broad SMARTS) is 1. The summed E-state index contributed by atoms with van der Waals surface area (Å²) in [6.45, 7) is 6.02. The molecular weight excluding hydrogens is 842 g/mol. The number of phenols is 1. The Morgan fingerprint density at radius 3 is 1.89 bits per heavy atom. The van der Waals surface area contributed by atoms with Crippen LogP contribution in [0, 0.1) is 22.3 Å². The van der Waals surface area contributed by atoms with Gasteiger partial charge in [0.2, 0.25) is 0 Å². The molecule has 0 unspecified atom stereocenters. The van der Waals surface area contributed by atoms with Gasteiger partial charge in [0.1, 0.15) is 16.9 Å². The Bertz CT molecular complexity index is 2660. The minimum Gasteiger partial charge on any atom is -0.507 e. The number of benzene rings is 5. The molecule has 0 saturated carbocycles. The van der Waals surface area contributed by atoms with Crippen LogP contribution in [-0.2, 0) is 26.2 Å². The van der Waals surface area contributed by atoms with Gasteiger partial charge in [0.15, 0.2) is 5.43 Å². The van der Waals surface area contributed by atoms with E-state index in [4.69, 9.17) is 4.42 Å². The van der Waals surface area contributed by atoms with E-state index in [1.54, 1.807) is 60.9 Å². The number of aromatic carboxylic acids is 1. The zero-order chi connectivity index (χ0) is 38.3. The summed E-state index contributed by atoms with van der Waals surface area (Å²) < 4.78 is 6.72. The first-order valence-electron chi connectivity index (χ1n) is 18.2. The minimum absolute atomic E-state index is 0. The third kappa shape index (κ3) is 13.6. The van der Waals surface area contributed by atoms with E-state index in [1.165, 1.54) is 6.07 Å². The van der Waals surface area contributed by atoms with Gasteiger partial charge in [0.05, 0.1) is 22.5 Å². The van der Waals surface area contributed by atoms with Gasteiger partial charge in [-0.25, -0.2) is 4.79 Å². The number of fused-ring (bicyclic) bond motifs is 4. The summed E-state index contributed by atoms with van der Waals surface area (Å²) >= 11 is 0. The fourth-order valence-electron chi connectivity index (χ4n) is 6.98. The van der Waals surface area contributed by atoms with Crippen molar-refractivity contribution in [2.45, 2.75) is 40.0 Å². The number of hydrogen-bond acceptors (Lipinski definition) is 8. The third-order valence-electron chi connectivity index (χ3n) is 9.44. The first kappa shape index (κ1) is 57.1. The number of carboxylic acids is 1. The molecule has 9 nitrogen and oxygen atoms in total. The quantitative estimate of drug-likeness (QED) is 0.0776. The summed E-state index contributed by atoms with van der Waals surface area (Å²) in [5, 5.41) is 27.9. The number of nitrogens with one attached hydrogen (secondary N) is 1. The molecule has 0 amide bonds. The van der Waals surface area contributed by atoms with Crippen molar-refractivity contribution < 1.29 is 174 Å². The molecule has 0 aliphatic carbocycles. The monoisotopic (exact) mass is 890 g/mol. The van der Waals surface area contributed by atoms with Gasteiger partial charge < -0.3 is 42.2 Å². The Morgan fingerprint density at radius 2 is 1.25 bits per heavy atom. The zero-order valence-corrected chi connectivity index (χ0v) is 45.9. The number of carbonyl (C=O) groups is 1. The number of phenolic OH excluding ortho intramolecular Hbond substituents is 1. The molecule has 3 heterocycles. The second kappa shape index (κ2) is 27.4. The average Bonchev–Trinajstić information content (AvgIpc) is 3.21. The van der Waals surface area contributed by atoms with Gasteiger partial charge in [-0.3, -0.25) is 19.7 Å². The number of aromatic hydroxyl groups is 1. The predicted molar refractivity (Wildman–Crippen MR) is 237 cm³/mol. The normalized spacial score (nSPS) is 10.0. The molecule has 61 heavy (non-hydrogen) atoms. The van der Waals surface area contributed by atoms with Gasteiger partial charge in [0, 0.05) is 66.0 Å². The van der Waals surface area contributed by atoms with E-state index in [0.717, 1.165) is 22.6 Å². The Morgan fingerprint density at radius 1 is 0.672 bits per heavy atom. The van der Waals surface area contributed by atoms with Gasteiger partial charge in [-0.05, 0) is 89.3 Å². The van der Waals surface area contributed by atoms with Crippen LogP contribution in [0.1, 0.15) is 46.7 Å². The molecule has 0 radical (unpaired) electrons. The van der Waals surface area contributed by atoms with Crippen LogP contribution < -0.4 is 165 Å². The van der Waals surface area contributed by atoms with Crippen LogP contribution in [0.4, 0.5) is 5.69 Å². The van der Waals surface area contributed by atoms with E-state index >= 15 is 0 Å². The summed E-state index contributed by atoms with van der Waals surface area (Å²) in [4.78, 5) is 36.2. The number of para-hydroxylation sites is 1. The Kier molecular flexibility index (Phi) is 25.6. The van der Waals surface area contributed by atoms with Crippen LogP contribution in [0.15, 0.2) is 149 Å². The molecule has 8 aromatic rings. The summed E-state index contributed by atoms with van der Waals surface area (Å²) in [5.74, 6) is -1.03. The molecule has 5 aromatic carbocycles. The van der Waals surface area contributed by atoms with Crippen LogP contribution in [0.2, 0.25) is 0 Å². The second-order valence-corrected chi connectivity index (χ2v) is 12.9. The standard InChI is InChI=1S/C44H34N4O5.C2H6.3CH3.3K/c49-32-16-18-33-28(23-32)15-17-36-41(34-12-2-3-13-35(34)44(51)52)37-19-20-40(50)38(43(37)53-42(33)36)24-47-39-14-4-1-9-29(39)25-48(26-30-10-5-7-21-45-30)27-31-11-6-8-22-46-31;1-2;;;;;;/h1-23,47,50H,24-27H2,(H,51,52);1-2H3;3*1H3;;;/q;;3*-1;3*+1. The van der Waals surface area contributed by atoms with Gasteiger partial charge in [-0.2, -0.15) is 0 Å². The maximum Gasteiger partial charge on any atom is 1.00 e. The van der Waals surface area contributed by atoms with Crippen molar-refractivity contribution in [3.8, 4) is 16.9 Å². The summed E-state index contributed by atoms with van der Waals surface area (Å²) in [6, 6.07) is 38.5. The fraction of sp³-hybridized carbons (Fsp3) is 0.122. The number of hydrogen-bond donors (Lipinski definition) is 3. The Hall–Kier alpha value is -1.93. The van der Waals surface area contributed by atoms with E-state index in [9.17, 15) is 19.8 Å². The smallest absolute Gasteiger partial charge is 0.507 e. The SMILES string of the molecule is CC.O=C(O)c1ccccc1-c1c2ccc(O)c(CNc3ccccc3CN(Cc3ccccn3)Cc3ccccn3)c2oc2c1ccc1cc(=O)ccc12.[CH3-].[CH3-].[CH3-].[K+].[K+].[K+]. The zero-order valence-electron chi connectivity index (χ0n) is 36.6. The summed E-state index contributed by atoms with van der Waals surface area (Å²) in [7, 11) is 0. The minimum atomic E-state index is -1.06. The Labute approximate surface area is 487 Å². The number of aromatic nitrogens is 2. The molecular formula is C49H49K3N4O5. The van der Waals surface area contributed by atoms with Crippen LogP contribution in [0.3, 0.4) is 0 Å². The van der Waals surface area contributed by atoms with Crippen molar-refractivity contribution in [3.63, 3.8) is 0 Å². The molecule has 3 N–H and O–H groups in total. The van der Waals surface area contributed by atoms with Crippen molar-refractivity contribution in [1.82, 2.24) is 14.9 Å². The van der Waals surface area contributed by atoms with Crippen molar-refractivity contribution in [2.24, 2.45) is 0 Å². The maximum absolute atomic E-state index is 12.5. The van der Waals surface area contributed by atoms with Crippen molar-refractivity contribution in [1.29, 1.82) is 0 Å². The molecule has 0 spiro atoms. The van der Waals surface area contributed by atoms with E-state index in [2.05, 4.69) is 26.3 Å². The molecule has 0 atom stereocenters. The first-order valence-corrected chi connectivity index (χ1v) is 18.2. The first-order chi connectivity index (χ1) is 26.9. The van der Waals surface area contributed by atoms with Crippen molar-refractivity contribution in [2.75, 3.05) is 5.32 Å².